The van der Waals surface area contributed by atoms with E-state index in [1.165, 1.54) is 0 Å². The van der Waals surface area contributed by atoms with Crippen LogP contribution in [0.3, 0.4) is 0 Å². The Morgan fingerprint density at radius 3 is 2.33 bits per heavy atom. The Hall–Kier alpha value is -3.73. The summed E-state index contributed by atoms with van der Waals surface area (Å²) in [5, 5.41) is 1.05. The van der Waals surface area contributed by atoms with Gasteiger partial charge in [-0.2, -0.15) is 0 Å². The first-order chi connectivity index (χ1) is 16.0. The second kappa shape index (κ2) is 9.82. The zero-order valence-electron chi connectivity index (χ0n) is 19.7. The van der Waals surface area contributed by atoms with Crippen molar-refractivity contribution < 1.29 is 4.79 Å². The van der Waals surface area contributed by atoms with Gasteiger partial charge in [-0.25, -0.2) is 9.97 Å². The van der Waals surface area contributed by atoms with Crippen molar-refractivity contribution in [3.05, 3.63) is 89.7 Å². The van der Waals surface area contributed by atoms with Gasteiger partial charge in [0.25, 0.3) is 5.91 Å². The average Bonchev–Trinajstić information content (AvgIpc) is 2.85. The van der Waals surface area contributed by atoms with Gasteiger partial charge >= 0.3 is 0 Å². The van der Waals surface area contributed by atoms with Crippen LogP contribution in [0.15, 0.2) is 73.1 Å². The maximum Gasteiger partial charge on any atom is 0.253 e. The lowest BCUT2D eigenvalue weighted by atomic mass is 10.0. The number of carbonyl (C=O) groups is 1. The molecular weight excluding hydrogens is 408 g/mol. The van der Waals surface area contributed by atoms with E-state index in [2.05, 4.69) is 65.1 Å². The van der Waals surface area contributed by atoms with Crippen LogP contribution in [-0.2, 0) is 6.54 Å². The van der Waals surface area contributed by atoms with Crippen LogP contribution in [-0.4, -0.2) is 40.9 Å². The van der Waals surface area contributed by atoms with Crippen molar-refractivity contribution in [3.63, 3.8) is 0 Å². The predicted molar refractivity (Wildman–Crippen MR) is 136 cm³/mol. The molecule has 1 amide bonds. The van der Waals surface area contributed by atoms with E-state index in [9.17, 15) is 4.79 Å². The highest BCUT2D eigenvalue weighted by atomic mass is 16.2. The number of hydrogen-bond donors (Lipinski definition) is 0. The van der Waals surface area contributed by atoms with E-state index in [0.717, 1.165) is 52.1 Å². The van der Waals surface area contributed by atoms with E-state index in [0.29, 0.717) is 12.1 Å². The quantitative estimate of drug-likeness (QED) is 0.370. The first-order valence-electron chi connectivity index (χ1n) is 11.4. The van der Waals surface area contributed by atoms with Crippen molar-refractivity contribution >= 4 is 22.6 Å². The number of carbonyl (C=O) groups excluding carboxylic acids is 1. The molecule has 0 atom stereocenters. The maximum atomic E-state index is 12.8. The van der Waals surface area contributed by atoms with Crippen LogP contribution in [0.5, 0.6) is 0 Å². The Labute approximate surface area is 195 Å². The fraction of sp³-hybridized carbons (Fsp3) is 0.250. The van der Waals surface area contributed by atoms with Crippen molar-refractivity contribution in [2.24, 2.45) is 0 Å². The normalized spacial score (nSPS) is 10.9. The predicted octanol–water partition coefficient (Wildman–Crippen LogP) is 5.72. The molecule has 4 aromatic rings. The summed E-state index contributed by atoms with van der Waals surface area (Å²) in [5.41, 5.74) is 6.10. The largest absolute Gasteiger partial charge is 0.357 e. The minimum Gasteiger partial charge on any atom is -0.357 e. The number of benzene rings is 3. The highest BCUT2D eigenvalue weighted by Crippen LogP contribution is 2.29. The van der Waals surface area contributed by atoms with Crippen molar-refractivity contribution in [2.75, 3.05) is 25.0 Å². The summed E-state index contributed by atoms with van der Waals surface area (Å²) in [6.07, 6.45) is 1.64. The molecule has 168 valence electrons. The third-order valence-corrected chi connectivity index (χ3v) is 6.00. The lowest BCUT2D eigenvalue weighted by Crippen LogP contribution is -2.26. The highest BCUT2D eigenvalue weighted by molar-refractivity contribution is 5.94. The summed E-state index contributed by atoms with van der Waals surface area (Å²) in [6.45, 7) is 8.63. The Balaban J connectivity index is 1.61. The molecule has 0 saturated heterocycles. The van der Waals surface area contributed by atoms with E-state index in [4.69, 9.17) is 0 Å². The van der Waals surface area contributed by atoms with Crippen LogP contribution in [0.2, 0.25) is 0 Å². The van der Waals surface area contributed by atoms with E-state index in [1.54, 1.807) is 11.2 Å². The van der Waals surface area contributed by atoms with E-state index >= 15 is 0 Å². The standard InChI is InChI=1S/C28H30N4O/c1-5-32(6-2)27-25-17-24(14-15-26(25)29-19-30-27)23-9-7-8-21(16-23)18-31(4)28(33)22-12-10-20(3)11-13-22/h7-17,19H,5-6,18H2,1-4H3. The van der Waals surface area contributed by atoms with Crippen molar-refractivity contribution in [2.45, 2.75) is 27.3 Å². The van der Waals surface area contributed by atoms with E-state index < -0.39 is 0 Å². The van der Waals surface area contributed by atoms with Gasteiger partial charge in [-0.3, -0.25) is 4.79 Å². The van der Waals surface area contributed by atoms with E-state index in [-0.39, 0.29) is 5.91 Å². The SMILES string of the molecule is CCN(CC)c1ncnc2ccc(-c3cccc(CN(C)C(=O)c4ccc(C)cc4)c3)cc12. The van der Waals surface area contributed by atoms with Crippen molar-refractivity contribution in [1.29, 1.82) is 0 Å². The Bertz CT molecular complexity index is 1260. The summed E-state index contributed by atoms with van der Waals surface area (Å²) in [7, 11) is 1.85. The van der Waals surface area contributed by atoms with Gasteiger partial charge < -0.3 is 9.80 Å². The molecule has 3 aromatic carbocycles. The molecule has 33 heavy (non-hydrogen) atoms. The molecule has 0 unspecified atom stereocenters. The van der Waals surface area contributed by atoms with Crippen molar-refractivity contribution in [3.8, 4) is 11.1 Å². The number of rotatable bonds is 7. The maximum absolute atomic E-state index is 12.8. The molecule has 1 heterocycles. The summed E-state index contributed by atoms with van der Waals surface area (Å²) in [4.78, 5) is 25.9. The number of aryl methyl sites for hydroxylation is 1. The number of anilines is 1. The lowest BCUT2D eigenvalue weighted by Gasteiger charge is -2.21. The molecule has 0 aliphatic heterocycles. The van der Waals surface area contributed by atoms with Gasteiger partial charge in [-0.15, -0.1) is 0 Å². The van der Waals surface area contributed by atoms with Crippen LogP contribution < -0.4 is 4.90 Å². The van der Waals surface area contributed by atoms with Crippen LogP contribution in [0.25, 0.3) is 22.0 Å². The van der Waals surface area contributed by atoms with Gasteiger partial charge in [0.15, 0.2) is 0 Å². The molecule has 0 bridgehead atoms. The molecule has 1 aromatic heterocycles. The van der Waals surface area contributed by atoms with Crippen LogP contribution >= 0.6 is 0 Å². The van der Waals surface area contributed by atoms with Crippen LogP contribution in [0, 0.1) is 6.92 Å². The molecule has 0 saturated carbocycles. The van der Waals surface area contributed by atoms with Gasteiger partial charge in [0, 0.05) is 37.6 Å². The molecule has 5 heteroatoms. The molecule has 0 spiro atoms. The lowest BCUT2D eigenvalue weighted by molar-refractivity contribution is 0.0785. The zero-order valence-corrected chi connectivity index (χ0v) is 19.7. The van der Waals surface area contributed by atoms with Crippen LogP contribution in [0.4, 0.5) is 5.82 Å². The monoisotopic (exact) mass is 438 g/mol. The number of amides is 1. The number of hydrogen-bond acceptors (Lipinski definition) is 4. The third-order valence-electron chi connectivity index (χ3n) is 6.00. The van der Waals surface area contributed by atoms with Gasteiger partial charge in [0.2, 0.25) is 0 Å². The Morgan fingerprint density at radius 2 is 1.61 bits per heavy atom. The first-order valence-corrected chi connectivity index (χ1v) is 11.4. The first kappa shape index (κ1) is 22.5. The smallest absolute Gasteiger partial charge is 0.253 e. The molecule has 0 N–H and O–H groups in total. The summed E-state index contributed by atoms with van der Waals surface area (Å²) >= 11 is 0. The molecule has 4 rings (SSSR count). The molecule has 0 radical (unpaired) electrons. The second-order valence-electron chi connectivity index (χ2n) is 8.33. The van der Waals surface area contributed by atoms with E-state index in [1.807, 2.05) is 44.3 Å². The zero-order chi connectivity index (χ0) is 23.4. The van der Waals surface area contributed by atoms with Gasteiger partial charge in [0.05, 0.1) is 5.52 Å². The number of fused-ring (bicyclic) bond motifs is 1. The Kier molecular flexibility index (Phi) is 6.68. The number of nitrogens with zero attached hydrogens (tertiary/aromatic N) is 4. The molecule has 0 aliphatic rings. The second-order valence-corrected chi connectivity index (χ2v) is 8.33. The number of aromatic nitrogens is 2. The Morgan fingerprint density at radius 1 is 0.879 bits per heavy atom. The summed E-state index contributed by atoms with van der Waals surface area (Å²) in [5.74, 6) is 0.985. The van der Waals surface area contributed by atoms with Gasteiger partial charge in [0.1, 0.15) is 12.1 Å². The highest BCUT2D eigenvalue weighted by Gasteiger charge is 2.13. The topological polar surface area (TPSA) is 49.3 Å². The summed E-state index contributed by atoms with van der Waals surface area (Å²) < 4.78 is 0. The fourth-order valence-electron chi connectivity index (χ4n) is 4.11. The molecule has 5 nitrogen and oxygen atoms in total. The molecule has 0 aliphatic carbocycles. The molecule has 0 fully saturated rings. The average molecular weight is 439 g/mol. The third kappa shape index (κ3) is 4.87. The minimum absolute atomic E-state index is 0.0205. The summed E-state index contributed by atoms with van der Waals surface area (Å²) in [6, 6.07) is 22.4. The minimum atomic E-state index is 0.0205. The van der Waals surface area contributed by atoms with Crippen LogP contribution in [0.1, 0.15) is 35.3 Å². The van der Waals surface area contributed by atoms with Gasteiger partial charge in [-0.1, -0.05) is 42.0 Å². The molecular formula is C28H30N4O. The van der Waals surface area contributed by atoms with Crippen molar-refractivity contribution in [1.82, 2.24) is 14.9 Å². The fourth-order valence-corrected chi connectivity index (χ4v) is 4.11. The van der Waals surface area contributed by atoms with Gasteiger partial charge in [-0.05, 0) is 67.8 Å².